The molecule has 0 saturated heterocycles. The van der Waals surface area contributed by atoms with Gasteiger partial charge in [-0.05, 0) is 31.5 Å². The number of aliphatic carboxylic acids is 1. The van der Waals surface area contributed by atoms with Gasteiger partial charge in [-0.1, -0.05) is 6.07 Å². The minimum absolute atomic E-state index is 0.106. The summed E-state index contributed by atoms with van der Waals surface area (Å²) in [4.78, 5) is 22.2. The summed E-state index contributed by atoms with van der Waals surface area (Å²) in [6.45, 7) is 1.77. The lowest BCUT2D eigenvalue weighted by Gasteiger charge is -2.28. The number of carbonyl (C=O) groups is 2. The molecule has 0 aromatic heterocycles. The molecule has 0 radical (unpaired) electrons. The number of aryl methyl sites for hydroxylation is 1. The van der Waals surface area contributed by atoms with Crippen molar-refractivity contribution < 1.29 is 32.3 Å². The van der Waals surface area contributed by atoms with E-state index in [9.17, 15) is 27.2 Å². The predicted octanol–water partition coefficient (Wildman–Crippen LogP) is 2.66. The van der Waals surface area contributed by atoms with Crippen LogP contribution in [-0.4, -0.2) is 28.8 Å². The Bertz CT molecular complexity index is 574. The topological polar surface area (TPSA) is 78.4 Å². The fraction of sp³-hybridized carbons (Fsp3) is 0.333. The molecular weight excluding hydrogens is 296 g/mol. The van der Waals surface area contributed by atoms with Crippen LogP contribution in [0.25, 0.3) is 0 Å². The van der Waals surface area contributed by atoms with E-state index in [1.54, 1.807) is 0 Å². The van der Waals surface area contributed by atoms with Crippen molar-refractivity contribution in [2.75, 3.05) is 5.32 Å². The van der Waals surface area contributed by atoms with Crippen molar-refractivity contribution in [1.82, 2.24) is 5.32 Å². The third-order valence-electron chi connectivity index (χ3n) is 2.79. The Morgan fingerprint density at radius 3 is 2.24 bits per heavy atom. The highest BCUT2D eigenvalue weighted by Crippen LogP contribution is 2.30. The van der Waals surface area contributed by atoms with Gasteiger partial charge in [0.05, 0.1) is 0 Å². The minimum atomic E-state index is -5.20. The summed E-state index contributed by atoms with van der Waals surface area (Å²) in [5, 5.41) is 11.9. The van der Waals surface area contributed by atoms with Crippen LogP contribution in [0, 0.1) is 12.7 Å². The van der Waals surface area contributed by atoms with Gasteiger partial charge < -0.3 is 15.7 Å². The van der Waals surface area contributed by atoms with Crippen molar-refractivity contribution >= 4 is 17.7 Å². The van der Waals surface area contributed by atoms with Gasteiger partial charge in [0.15, 0.2) is 0 Å². The Morgan fingerprint density at radius 2 is 1.81 bits per heavy atom. The maximum atomic E-state index is 13.2. The first-order valence-electron chi connectivity index (χ1n) is 5.63. The molecule has 116 valence electrons. The Balaban J connectivity index is 2.89. The number of rotatable bonds is 3. The maximum absolute atomic E-state index is 13.2. The zero-order chi connectivity index (χ0) is 16.4. The van der Waals surface area contributed by atoms with Gasteiger partial charge >= 0.3 is 18.2 Å². The van der Waals surface area contributed by atoms with Crippen LogP contribution in [0.15, 0.2) is 18.2 Å². The van der Waals surface area contributed by atoms with Gasteiger partial charge in [-0.2, -0.15) is 13.2 Å². The van der Waals surface area contributed by atoms with Crippen LogP contribution in [0.2, 0.25) is 0 Å². The summed E-state index contributed by atoms with van der Waals surface area (Å²) in [7, 11) is 0. The van der Waals surface area contributed by atoms with Gasteiger partial charge in [-0.15, -0.1) is 0 Å². The van der Waals surface area contributed by atoms with E-state index in [0.29, 0.717) is 6.92 Å². The molecule has 0 heterocycles. The van der Waals surface area contributed by atoms with E-state index in [2.05, 4.69) is 0 Å². The number of carboxylic acids is 1. The number of hydrogen-bond acceptors (Lipinski definition) is 2. The largest absolute Gasteiger partial charge is 0.479 e. The van der Waals surface area contributed by atoms with E-state index < -0.39 is 29.5 Å². The van der Waals surface area contributed by atoms with E-state index >= 15 is 0 Å². The molecule has 0 saturated carbocycles. The molecule has 1 aromatic rings. The molecule has 0 aliphatic heterocycles. The molecule has 0 aliphatic rings. The number of halogens is 4. The van der Waals surface area contributed by atoms with Gasteiger partial charge in [0, 0.05) is 5.69 Å². The number of alkyl halides is 3. The van der Waals surface area contributed by atoms with Crippen LogP contribution < -0.4 is 10.6 Å². The molecule has 5 nitrogen and oxygen atoms in total. The second kappa shape index (κ2) is 5.58. The van der Waals surface area contributed by atoms with Crippen molar-refractivity contribution in [3.8, 4) is 0 Å². The fourth-order valence-electron chi connectivity index (χ4n) is 1.31. The van der Waals surface area contributed by atoms with Gasteiger partial charge in [0.2, 0.25) is 5.54 Å². The number of carbonyl (C=O) groups excluding carboxylic acids is 1. The Hall–Kier alpha value is -2.32. The number of carboxylic acid groups (broad SMARTS) is 1. The molecule has 1 aromatic carbocycles. The summed E-state index contributed by atoms with van der Waals surface area (Å²) in [5.41, 5.74) is -3.28. The zero-order valence-electron chi connectivity index (χ0n) is 11.0. The molecule has 3 N–H and O–H groups in total. The molecule has 9 heteroatoms. The zero-order valence-corrected chi connectivity index (χ0v) is 11.0. The third kappa shape index (κ3) is 3.61. The van der Waals surface area contributed by atoms with Crippen LogP contribution in [0.5, 0.6) is 0 Å². The fourth-order valence-corrected chi connectivity index (χ4v) is 1.31. The standard InChI is InChI=1S/C12H12F4N2O3/c1-6-3-4-7(5-8(6)13)17-10(21)18-11(2,9(19)20)12(14,15)16/h3-5H,1-2H3,(H,19,20)(H2,17,18,21). The molecule has 2 amide bonds. The molecular formula is C12H12F4N2O3. The lowest BCUT2D eigenvalue weighted by molar-refractivity contribution is -0.203. The van der Waals surface area contributed by atoms with E-state index in [-0.39, 0.29) is 11.3 Å². The van der Waals surface area contributed by atoms with E-state index in [1.807, 2.05) is 5.32 Å². The minimum Gasteiger partial charge on any atom is -0.479 e. The lowest BCUT2D eigenvalue weighted by Crippen LogP contribution is -2.62. The maximum Gasteiger partial charge on any atom is 0.422 e. The monoisotopic (exact) mass is 308 g/mol. The summed E-state index contributed by atoms with van der Waals surface area (Å²) in [5.74, 6) is -2.93. The highest BCUT2D eigenvalue weighted by atomic mass is 19.4. The van der Waals surface area contributed by atoms with Crippen LogP contribution in [0.3, 0.4) is 0 Å². The number of benzene rings is 1. The number of hydrogen-bond donors (Lipinski definition) is 3. The Labute approximate surface area is 117 Å². The number of urea groups is 1. The average Bonchev–Trinajstić information content (AvgIpc) is 2.32. The van der Waals surface area contributed by atoms with E-state index in [0.717, 1.165) is 6.07 Å². The van der Waals surface area contributed by atoms with Gasteiger partial charge in [0.25, 0.3) is 0 Å². The normalized spacial score (nSPS) is 14.2. The summed E-state index contributed by atoms with van der Waals surface area (Å²) in [6.07, 6.45) is -5.20. The highest BCUT2D eigenvalue weighted by Gasteiger charge is 2.58. The van der Waals surface area contributed by atoms with Crippen molar-refractivity contribution in [2.45, 2.75) is 25.6 Å². The number of amides is 2. The van der Waals surface area contributed by atoms with Crippen LogP contribution in [0.1, 0.15) is 12.5 Å². The molecule has 21 heavy (non-hydrogen) atoms. The SMILES string of the molecule is Cc1ccc(NC(=O)NC(C)(C(=O)O)C(F)(F)F)cc1F. The highest BCUT2D eigenvalue weighted by molar-refractivity contribution is 5.94. The first-order valence-corrected chi connectivity index (χ1v) is 5.63. The molecule has 1 atom stereocenters. The molecule has 0 spiro atoms. The third-order valence-corrected chi connectivity index (χ3v) is 2.79. The van der Waals surface area contributed by atoms with Crippen LogP contribution in [0.4, 0.5) is 28.0 Å². The lowest BCUT2D eigenvalue weighted by atomic mass is 10.0. The molecule has 0 bridgehead atoms. The van der Waals surface area contributed by atoms with Crippen LogP contribution in [-0.2, 0) is 4.79 Å². The first kappa shape index (κ1) is 16.7. The summed E-state index contributed by atoms with van der Waals surface area (Å²) < 4.78 is 51.3. The smallest absolute Gasteiger partial charge is 0.422 e. The van der Waals surface area contributed by atoms with Crippen molar-refractivity contribution in [3.05, 3.63) is 29.6 Å². The van der Waals surface area contributed by atoms with Gasteiger partial charge in [-0.25, -0.2) is 14.0 Å². The van der Waals surface area contributed by atoms with Gasteiger partial charge in [0.1, 0.15) is 5.82 Å². The van der Waals surface area contributed by atoms with Gasteiger partial charge in [-0.3, -0.25) is 0 Å². The Kier molecular flexibility index (Phi) is 4.45. The van der Waals surface area contributed by atoms with E-state index in [1.165, 1.54) is 24.4 Å². The average molecular weight is 308 g/mol. The van der Waals surface area contributed by atoms with Crippen molar-refractivity contribution in [2.24, 2.45) is 0 Å². The predicted molar refractivity (Wildman–Crippen MR) is 65.4 cm³/mol. The van der Waals surface area contributed by atoms with Crippen molar-refractivity contribution in [3.63, 3.8) is 0 Å². The van der Waals surface area contributed by atoms with Crippen LogP contribution >= 0.6 is 0 Å². The first-order chi connectivity index (χ1) is 9.47. The molecule has 0 fully saturated rings. The summed E-state index contributed by atoms with van der Waals surface area (Å²) >= 11 is 0. The second-order valence-corrected chi connectivity index (χ2v) is 4.47. The van der Waals surface area contributed by atoms with Crippen molar-refractivity contribution in [1.29, 1.82) is 0 Å². The quantitative estimate of drug-likeness (QED) is 0.751. The molecule has 0 aliphatic carbocycles. The number of nitrogens with one attached hydrogen (secondary N) is 2. The summed E-state index contributed by atoms with van der Waals surface area (Å²) in [6, 6.07) is 2.07. The number of anilines is 1. The van der Waals surface area contributed by atoms with E-state index in [4.69, 9.17) is 5.11 Å². The molecule has 1 rings (SSSR count). The second-order valence-electron chi connectivity index (χ2n) is 4.47. The Morgan fingerprint density at radius 1 is 1.24 bits per heavy atom. The molecule has 1 unspecified atom stereocenters.